The van der Waals surface area contributed by atoms with Crippen LogP contribution in [0.3, 0.4) is 0 Å². The highest BCUT2D eigenvalue weighted by Crippen LogP contribution is 2.36. The maximum absolute atomic E-state index is 11.4. The Balaban J connectivity index is 2.18. The van der Waals surface area contributed by atoms with E-state index in [2.05, 4.69) is 11.9 Å². The van der Waals surface area contributed by atoms with Crippen LogP contribution < -0.4 is 9.47 Å². The minimum absolute atomic E-state index is 0.183. The number of para-hydroxylation sites is 1. The van der Waals surface area contributed by atoms with E-state index >= 15 is 0 Å². The lowest BCUT2D eigenvalue weighted by Crippen LogP contribution is -2.35. The second-order valence-electron chi connectivity index (χ2n) is 6.93. The Hall–Kier alpha value is -1.75. The van der Waals surface area contributed by atoms with E-state index in [0.29, 0.717) is 17.9 Å². The molecule has 5 nitrogen and oxygen atoms in total. The first-order valence-electron chi connectivity index (χ1n) is 8.08. The van der Waals surface area contributed by atoms with Crippen molar-refractivity contribution in [2.45, 2.75) is 39.2 Å². The molecule has 128 valence electrons. The largest absolute Gasteiger partial charge is 0.493 e. The summed E-state index contributed by atoms with van der Waals surface area (Å²) in [6.07, 6.45) is 2.56. The smallest absolute Gasteiger partial charge is 0.309 e. The van der Waals surface area contributed by atoms with Gasteiger partial charge in [0.2, 0.25) is 0 Å². The van der Waals surface area contributed by atoms with Gasteiger partial charge in [-0.3, -0.25) is 4.79 Å². The van der Waals surface area contributed by atoms with Crippen molar-refractivity contribution >= 4 is 5.97 Å². The highest BCUT2D eigenvalue weighted by molar-refractivity contribution is 5.74. The van der Waals surface area contributed by atoms with Crippen molar-refractivity contribution in [2.24, 2.45) is 5.41 Å². The van der Waals surface area contributed by atoms with E-state index in [4.69, 9.17) is 9.47 Å². The molecule has 1 aromatic carbocycles. The molecule has 0 aliphatic carbocycles. The standard InChI is InChI=1S/C18H27NO4/c1-18(2,17(20)21)12-13-6-5-7-15(16(13)22-4)23-14-8-10-19(3)11-9-14/h5-7,14H,8-12H2,1-4H3,(H,20,21). The number of carboxylic acid groups (broad SMARTS) is 1. The van der Waals surface area contributed by atoms with Crippen molar-refractivity contribution in [1.29, 1.82) is 0 Å². The first-order valence-corrected chi connectivity index (χ1v) is 8.08. The monoisotopic (exact) mass is 321 g/mol. The molecule has 1 heterocycles. The molecule has 1 saturated heterocycles. The molecule has 2 rings (SSSR count). The molecule has 0 saturated carbocycles. The third-order valence-corrected chi connectivity index (χ3v) is 4.44. The molecule has 0 aromatic heterocycles. The van der Waals surface area contributed by atoms with Gasteiger partial charge in [-0.05, 0) is 51.8 Å². The van der Waals surface area contributed by atoms with Crippen molar-refractivity contribution < 1.29 is 19.4 Å². The Morgan fingerprint density at radius 3 is 2.57 bits per heavy atom. The summed E-state index contributed by atoms with van der Waals surface area (Å²) >= 11 is 0. The Morgan fingerprint density at radius 2 is 2.00 bits per heavy atom. The maximum atomic E-state index is 11.4. The summed E-state index contributed by atoms with van der Waals surface area (Å²) in [5.41, 5.74) is 0.0183. The van der Waals surface area contributed by atoms with Crippen LogP contribution in [0.25, 0.3) is 0 Å². The molecule has 0 unspecified atom stereocenters. The van der Waals surface area contributed by atoms with Gasteiger partial charge in [0.15, 0.2) is 11.5 Å². The molecule has 1 aliphatic heterocycles. The van der Waals surface area contributed by atoms with Gasteiger partial charge in [0.05, 0.1) is 12.5 Å². The number of hydrogen-bond acceptors (Lipinski definition) is 4. The van der Waals surface area contributed by atoms with Crippen LogP contribution in [-0.4, -0.2) is 49.3 Å². The first kappa shape index (κ1) is 17.6. The molecule has 1 fully saturated rings. The molecule has 1 N–H and O–H groups in total. The zero-order valence-corrected chi connectivity index (χ0v) is 14.5. The molecular weight excluding hydrogens is 294 g/mol. The molecule has 5 heteroatoms. The fraction of sp³-hybridized carbons (Fsp3) is 0.611. The van der Waals surface area contributed by atoms with E-state index in [-0.39, 0.29) is 6.10 Å². The number of ether oxygens (including phenoxy) is 2. The maximum Gasteiger partial charge on any atom is 0.309 e. The Bertz CT molecular complexity index is 548. The SMILES string of the molecule is COc1c(CC(C)(C)C(=O)O)cccc1OC1CCN(C)CC1. The van der Waals surface area contributed by atoms with Crippen molar-refractivity contribution in [3.05, 3.63) is 23.8 Å². The van der Waals surface area contributed by atoms with E-state index in [9.17, 15) is 9.90 Å². The quantitative estimate of drug-likeness (QED) is 0.873. The Labute approximate surface area is 138 Å². The Morgan fingerprint density at radius 1 is 1.35 bits per heavy atom. The minimum Gasteiger partial charge on any atom is -0.493 e. The summed E-state index contributed by atoms with van der Waals surface area (Å²) in [5, 5.41) is 9.34. The highest BCUT2D eigenvalue weighted by Gasteiger charge is 2.29. The molecule has 0 bridgehead atoms. The fourth-order valence-corrected chi connectivity index (χ4v) is 2.86. The van der Waals surface area contributed by atoms with Crippen molar-refractivity contribution in [1.82, 2.24) is 4.90 Å². The number of piperidine rings is 1. The van der Waals surface area contributed by atoms with E-state index in [0.717, 1.165) is 31.5 Å². The van der Waals surface area contributed by atoms with Gasteiger partial charge < -0.3 is 19.5 Å². The van der Waals surface area contributed by atoms with Crippen LogP contribution in [0.1, 0.15) is 32.3 Å². The number of aliphatic carboxylic acids is 1. The van der Waals surface area contributed by atoms with Crippen LogP contribution in [0.2, 0.25) is 0 Å². The predicted molar refractivity (Wildman–Crippen MR) is 89.3 cm³/mol. The third kappa shape index (κ3) is 4.38. The van der Waals surface area contributed by atoms with Gasteiger partial charge in [0.1, 0.15) is 6.10 Å². The van der Waals surface area contributed by atoms with Crippen LogP contribution >= 0.6 is 0 Å². The molecule has 0 spiro atoms. The predicted octanol–water partition coefficient (Wildman–Crippen LogP) is 2.82. The zero-order valence-electron chi connectivity index (χ0n) is 14.5. The van der Waals surface area contributed by atoms with E-state index in [1.807, 2.05) is 18.2 Å². The van der Waals surface area contributed by atoms with E-state index < -0.39 is 11.4 Å². The van der Waals surface area contributed by atoms with Gasteiger partial charge in [0.25, 0.3) is 0 Å². The summed E-state index contributed by atoms with van der Waals surface area (Å²) in [4.78, 5) is 13.7. The summed E-state index contributed by atoms with van der Waals surface area (Å²) in [5.74, 6) is 0.544. The molecule has 23 heavy (non-hydrogen) atoms. The molecular formula is C18H27NO4. The highest BCUT2D eigenvalue weighted by atomic mass is 16.5. The lowest BCUT2D eigenvalue weighted by Gasteiger charge is -2.30. The molecule has 0 radical (unpaired) electrons. The van der Waals surface area contributed by atoms with Crippen LogP contribution in [-0.2, 0) is 11.2 Å². The molecule has 0 atom stereocenters. The summed E-state index contributed by atoms with van der Waals surface area (Å²) < 4.78 is 11.7. The molecule has 1 aromatic rings. The van der Waals surface area contributed by atoms with Crippen LogP contribution in [0.5, 0.6) is 11.5 Å². The molecule has 1 aliphatic rings. The van der Waals surface area contributed by atoms with Gasteiger partial charge >= 0.3 is 5.97 Å². The second-order valence-corrected chi connectivity index (χ2v) is 6.93. The lowest BCUT2D eigenvalue weighted by molar-refractivity contribution is -0.146. The van der Waals surface area contributed by atoms with E-state index in [1.54, 1.807) is 21.0 Å². The molecule has 0 amide bonds. The fourth-order valence-electron chi connectivity index (χ4n) is 2.86. The van der Waals surface area contributed by atoms with Gasteiger partial charge in [-0.15, -0.1) is 0 Å². The van der Waals surface area contributed by atoms with Crippen LogP contribution in [0.4, 0.5) is 0 Å². The normalized spacial score (nSPS) is 17.0. The summed E-state index contributed by atoms with van der Waals surface area (Å²) in [6.45, 7) is 5.50. The number of rotatable bonds is 6. The Kier molecular flexibility index (Phi) is 5.52. The van der Waals surface area contributed by atoms with E-state index in [1.165, 1.54) is 0 Å². The zero-order chi connectivity index (χ0) is 17.0. The number of benzene rings is 1. The van der Waals surface area contributed by atoms with Gasteiger partial charge in [-0.1, -0.05) is 12.1 Å². The number of methoxy groups -OCH3 is 1. The number of likely N-dealkylation sites (tertiary alicyclic amines) is 1. The number of hydrogen-bond donors (Lipinski definition) is 1. The van der Waals surface area contributed by atoms with Crippen LogP contribution in [0.15, 0.2) is 18.2 Å². The first-order chi connectivity index (χ1) is 10.8. The van der Waals surface area contributed by atoms with Crippen LogP contribution in [0, 0.1) is 5.41 Å². The lowest BCUT2D eigenvalue weighted by atomic mass is 9.85. The van der Waals surface area contributed by atoms with Gasteiger partial charge in [-0.2, -0.15) is 0 Å². The summed E-state index contributed by atoms with van der Waals surface area (Å²) in [7, 11) is 3.72. The number of nitrogens with zero attached hydrogens (tertiary/aromatic N) is 1. The topological polar surface area (TPSA) is 59.0 Å². The number of carbonyl (C=O) groups is 1. The average Bonchev–Trinajstić information content (AvgIpc) is 2.49. The van der Waals surface area contributed by atoms with Crippen molar-refractivity contribution in [2.75, 3.05) is 27.2 Å². The third-order valence-electron chi connectivity index (χ3n) is 4.44. The average molecular weight is 321 g/mol. The number of carboxylic acids is 1. The van der Waals surface area contributed by atoms with Gasteiger partial charge in [0, 0.05) is 13.1 Å². The summed E-state index contributed by atoms with van der Waals surface area (Å²) in [6, 6.07) is 5.71. The van der Waals surface area contributed by atoms with Crippen molar-refractivity contribution in [3.8, 4) is 11.5 Å². The van der Waals surface area contributed by atoms with Gasteiger partial charge in [-0.25, -0.2) is 0 Å². The minimum atomic E-state index is -0.848. The van der Waals surface area contributed by atoms with Crippen molar-refractivity contribution in [3.63, 3.8) is 0 Å². The second kappa shape index (κ2) is 7.21.